The van der Waals surface area contributed by atoms with Gasteiger partial charge in [-0.05, 0) is 24.8 Å². The van der Waals surface area contributed by atoms with E-state index < -0.39 is 0 Å². The van der Waals surface area contributed by atoms with Crippen LogP contribution < -0.4 is 0 Å². The molecule has 1 aromatic rings. The fourth-order valence-electron chi connectivity index (χ4n) is 3.11. The van der Waals surface area contributed by atoms with Gasteiger partial charge in [0.2, 0.25) is 5.91 Å². The number of ether oxygens (including phenoxy) is 1. The molecule has 0 aromatic heterocycles. The number of allylic oxidation sites excluding steroid dienone is 1. The molecular formula is C16H19NO2. The highest BCUT2D eigenvalue weighted by molar-refractivity contribution is 5.80. The average Bonchev–Trinajstić information content (AvgIpc) is 2.88. The van der Waals surface area contributed by atoms with Gasteiger partial charge in [-0.25, -0.2) is 0 Å². The van der Waals surface area contributed by atoms with Crippen LogP contribution in [-0.2, 0) is 9.53 Å². The largest absolute Gasteiger partial charge is 0.356 e. The third-order valence-corrected chi connectivity index (χ3v) is 4.09. The second-order valence-corrected chi connectivity index (χ2v) is 5.26. The number of carbonyl (C=O) groups excluding carboxylic acids is 1. The third kappa shape index (κ3) is 2.19. The van der Waals surface area contributed by atoms with E-state index in [0.29, 0.717) is 6.61 Å². The highest BCUT2D eigenvalue weighted by Crippen LogP contribution is 2.38. The monoisotopic (exact) mass is 257 g/mol. The van der Waals surface area contributed by atoms with E-state index in [1.54, 1.807) is 0 Å². The molecule has 2 aliphatic heterocycles. The smallest absolute Gasteiger partial charge is 0.228 e. The van der Waals surface area contributed by atoms with Gasteiger partial charge in [0.15, 0.2) is 0 Å². The van der Waals surface area contributed by atoms with Crippen LogP contribution in [0, 0.1) is 5.92 Å². The van der Waals surface area contributed by atoms with Crippen molar-refractivity contribution in [2.45, 2.75) is 31.5 Å². The summed E-state index contributed by atoms with van der Waals surface area (Å²) >= 11 is 0. The van der Waals surface area contributed by atoms with Crippen LogP contribution in [0.3, 0.4) is 0 Å². The average molecular weight is 257 g/mol. The van der Waals surface area contributed by atoms with Gasteiger partial charge in [0, 0.05) is 5.92 Å². The lowest BCUT2D eigenvalue weighted by Crippen LogP contribution is -2.45. The van der Waals surface area contributed by atoms with Gasteiger partial charge in [-0.1, -0.05) is 36.4 Å². The highest BCUT2D eigenvalue weighted by Gasteiger charge is 2.44. The Bertz CT molecular complexity index is 471. The SMILES string of the molecule is C=CC[C@@H]1CC[C@@H]2OC[C@@H](c3ccccc3)N2C1=O. The Morgan fingerprint density at radius 3 is 2.84 bits per heavy atom. The van der Waals surface area contributed by atoms with E-state index in [1.165, 1.54) is 0 Å². The summed E-state index contributed by atoms with van der Waals surface area (Å²) in [5.41, 5.74) is 1.16. The first-order chi connectivity index (χ1) is 9.31. The second-order valence-electron chi connectivity index (χ2n) is 5.26. The lowest BCUT2D eigenvalue weighted by Gasteiger charge is -2.36. The zero-order valence-corrected chi connectivity index (χ0v) is 11.0. The van der Waals surface area contributed by atoms with Crippen LogP contribution in [0.25, 0.3) is 0 Å². The molecule has 2 aliphatic rings. The summed E-state index contributed by atoms with van der Waals surface area (Å²) in [5.74, 6) is 0.309. The zero-order chi connectivity index (χ0) is 13.2. The van der Waals surface area contributed by atoms with Crippen molar-refractivity contribution in [2.24, 2.45) is 5.92 Å². The Labute approximate surface area is 113 Å². The molecule has 2 fully saturated rings. The van der Waals surface area contributed by atoms with Crippen molar-refractivity contribution < 1.29 is 9.53 Å². The molecular weight excluding hydrogens is 238 g/mol. The van der Waals surface area contributed by atoms with Crippen molar-refractivity contribution in [3.05, 3.63) is 48.6 Å². The topological polar surface area (TPSA) is 29.5 Å². The molecule has 19 heavy (non-hydrogen) atoms. The molecule has 0 radical (unpaired) electrons. The van der Waals surface area contributed by atoms with Gasteiger partial charge < -0.3 is 9.64 Å². The molecule has 3 atom stereocenters. The van der Waals surface area contributed by atoms with Gasteiger partial charge >= 0.3 is 0 Å². The van der Waals surface area contributed by atoms with Gasteiger partial charge in [0.1, 0.15) is 6.23 Å². The number of benzene rings is 1. The van der Waals surface area contributed by atoms with Crippen molar-refractivity contribution in [3.63, 3.8) is 0 Å². The zero-order valence-electron chi connectivity index (χ0n) is 11.0. The van der Waals surface area contributed by atoms with Gasteiger partial charge in [0.25, 0.3) is 0 Å². The number of hydrogen-bond donors (Lipinski definition) is 0. The fourth-order valence-corrected chi connectivity index (χ4v) is 3.11. The Morgan fingerprint density at radius 2 is 2.11 bits per heavy atom. The van der Waals surface area contributed by atoms with Crippen molar-refractivity contribution in [2.75, 3.05) is 6.61 Å². The van der Waals surface area contributed by atoms with Crippen LogP contribution in [0.1, 0.15) is 30.9 Å². The normalized spacial score (nSPS) is 30.2. The maximum atomic E-state index is 12.6. The van der Waals surface area contributed by atoms with E-state index in [4.69, 9.17) is 4.74 Å². The first kappa shape index (κ1) is 12.4. The highest BCUT2D eigenvalue weighted by atomic mass is 16.5. The van der Waals surface area contributed by atoms with Crippen LogP contribution in [0.2, 0.25) is 0 Å². The minimum atomic E-state index is -0.0289. The molecule has 3 heteroatoms. The lowest BCUT2D eigenvalue weighted by molar-refractivity contribution is -0.148. The van der Waals surface area contributed by atoms with Gasteiger partial charge in [-0.15, -0.1) is 6.58 Å². The summed E-state index contributed by atoms with van der Waals surface area (Å²) in [4.78, 5) is 14.5. The molecule has 3 rings (SSSR count). The van der Waals surface area contributed by atoms with Crippen molar-refractivity contribution in [1.29, 1.82) is 0 Å². The van der Waals surface area contributed by atoms with Crippen LogP contribution in [0.5, 0.6) is 0 Å². The summed E-state index contributed by atoms with van der Waals surface area (Å²) in [6.07, 6.45) is 4.43. The maximum absolute atomic E-state index is 12.6. The molecule has 0 N–H and O–H groups in total. The van der Waals surface area contributed by atoms with Crippen LogP contribution in [0.15, 0.2) is 43.0 Å². The number of piperidine rings is 1. The van der Waals surface area contributed by atoms with E-state index in [-0.39, 0.29) is 24.1 Å². The summed E-state index contributed by atoms with van der Waals surface area (Å²) in [5, 5.41) is 0. The number of fused-ring (bicyclic) bond motifs is 1. The number of amides is 1. The first-order valence-electron chi connectivity index (χ1n) is 6.91. The molecule has 1 aromatic carbocycles. The van der Waals surface area contributed by atoms with E-state index in [0.717, 1.165) is 24.8 Å². The standard InChI is InChI=1S/C16H19NO2/c1-2-6-13-9-10-15-17(16(13)18)14(11-19-15)12-7-4-3-5-8-12/h2-5,7-8,13-15H,1,6,9-11H2/t13-,14+,15+/m1/s1. The molecule has 0 saturated carbocycles. The van der Waals surface area contributed by atoms with E-state index >= 15 is 0 Å². The van der Waals surface area contributed by atoms with Crippen molar-refractivity contribution in [1.82, 2.24) is 4.90 Å². The molecule has 2 saturated heterocycles. The first-order valence-corrected chi connectivity index (χ1v) is 6.91. The summed E-state index contributed by atoms with van der Waals surface area (Å²) < 4.78 is 5.80. The summed E-state index contributed by atoms with van der Waals surface area (Å²) in [7, 11) is 0. The third-order valence-electron chi connectivity index (χ3n) is 4.09. The number of carbonyl (C=O) groups is 1. The molecule has 3 nitrogen and oxygen atoms in total. The number of hydrogen-bond acceptors (Lipinski definition) is 2. The molecule has 2 heterocycles. The van der Waals surface area contributed by atoms with E-state index in [2.05, 4.69) is 18.7 Å². The predicted molar refractivity (Wildman–Crippen MR) is 73.3 cm³/mol. The minimum Gasteiger partial charge on any atom is -0.356 e. The van der Waals surface area contributed by atoms with Crippen LogP contribution in [0.4, 0.5) is 0 Å². The number of rotatable bonds is 3. The number of nitrogens with zero attached hydrogens (tertiary/aromatic N) is 1. The van der Waals surface area contributed by atoms with Crippen LogP contribution in [-0.4, -0.2) is 23.6 Å². The molecule has 0 bridgehead atoms. The van der Waals surface area contributed by atoms with E-state index in [1.807, 2.05) is 29.2 Å². The summed E-state index contributed by atoms with van der Waals surface area (Å²) in [6.45, 7) is 4.36. The maximum Gasteiger partial charge on any atom is 0.228 e. The fraction of sp³-hybridized carbons (Fsp3) is 0.438. The quantitative estimate of drug-likeness (QED) is 0.779. The Morgan fingerprint density at radius 1 is 1.32 bits per heavy atom. The van der Waals surface area contributed by atoms with Gasteiger partial charge in [0.05, 0.1) is 12.6 Å². The summed E-state index contributed by atoms with van der Waals surface area (Å²) in [6, 6.07) is 10.2. The van der Waals surface area contributed by atoms with Crippen LogP contribution >= 0.6 is 0 Å². The molecule has 100 valence electrons. The Balaban J connectivity index is 1.85. The van der Waals surface area contributed by atoms with E-state index in [9.17, 15) is 4.79 Å². The molecule has 0 unspecified atom stereocenters. The lowest BCUT2D eigenvalue weighted by atomic mass is 9.91. The molecule has 0 spiro atoms. The minimum absolute atomic E-state index is 0.0289. The Kier molecular flexibility index (Phi) is 3.38. The van der Waals surface area contributed by atoms with Gasteiger partial charge in [-0.3, -0.25) is 4.79 Å². The van der Waals surface area contributed by atoms with Gasteiger partial charge in [-0.2, -0.15) is 0 Å². The van der Waals surface area contributed by atoms with Crippen molar-refractivity contribution in [3.8, 4) is 0 Å². The predicted octanol–water partition coefficient (Wildman–Crippen LogP) is 2.90. The second kappa shape index (κ2) is 5.17. The Hall–Kier alpha value is -1.61. The molecule has 0 aliphatic carbocycles. The molecule has 1 amide bonds. The van der Waals surface area contributed by atoms with Crippen molar-refractivity contribution >= 4 is 5.91 Å².